The number of hydrogen-bond donors (Lipinski definition) is 0. The first-order valence-electron chi connectivity index (χ1n) is 18.4. The highest BCUT2D eigenvalue weighted by atomic mass is 16.3. The van der Waals surface area contributed by atoms with Crippen LogP contribution in [0.1, 0.15) is 0 Å². The van der Waals surface area contributed by atoms with E-state index in [-0.39, 0.29) is 0 Å². The van der Waals surface area contributed by atoms with Crippen LogP contribution in [0.5, 0.6) is 0 Å². The Kier molecular flexibility index (Phi) is 7.85. The van der Waals surface area contributed by atoms with Gasteiger partial charge in [-0.1, -0.05) is 170 Å². The normalized spacial score (nSPS) is 11.3. The van der Waals surface area contributed by atoms with Crippen molar-refractivity contribution in [2.75, 3.05) is 4.90 Å². The molecule has 0 saturated carbocycles. The summed E-state index contributed by atoms with van der Waals surface area (Å²) in [5.74, 6) is 0. The molecule has 0 atom stereocenters. The third-order valence-corrected chi connectivity index (χ3v) is 10.5. The molecule has 10 rings (SSSR count). The second-order valence-electron chi connectivity index (χ2n) is 13.7. The summed E-state index contributed by atoms with van der Waals surface area (Å²) in [6.45, 7) is 0. The van der Waals surface area contributed by atoms with E-state index in [4.69, 9.17) is 4.42 Å². The van der Waals surface area contributed by atoms with E-state index < -0.39 is 0 Å². The largest absolute Gasteiger partial charge is 0.454 e. The van der Waals surface area contributed by atoms with Gasteiger partial charge in [-0.3, -0.25) is 0 Å². The topological polar surface area (TPSA) is 16.4 Å². The third kappa shape index (κ3) is 5.62. The van der Waals surface area contributed by atoms with Gasteiger partial charge in [0.1, 0.15) is 5.58 Å². The SMILES string of the molecule is c1ccc(-c2ccc(N(c3cccc(-c4ccccc4-c4ccc5ccccc5c4)c3)c3cccc4c3oc3ccccc34)cc2-c2ccccc2)cc1. The molecule has 0 amide bonds. The zero-order valence-corrected chi connectivity index (χ0v) is 29.6. The minimum absolute atomic E-state index is 0.856. The van der Waals surface area contributed by atoms with Crippen LogP contribution in [0.15, 0.2) is 217 Å². The van der Waals surface area contributed by atoms with Gasteiger partial charge in [0.05, 0.1) is 5.69 Å². The summed E-state index contributed by atoms with van der Waals surface area (Å²) in [5, 5.41) is 4.67. The van der Waals surface area contributed by atoms with E-state index in [1.165, 1.54) is 44.2 Å². The van der Waals surface area contributed by atoms with Crippen molar-refractivity contribution in [3.05, 3.63) is 212 Å². The number of anilines is 3. The zero-order chi connectivity index (χ0) is 35.8. The minimum Gasteiger partial charge on any atom is -0.454 e. The molecule has 0 spiro atoms. The molecular formula is C52H35NO. The fourth-order valence-corrected chi connectivity index (χ4v) is 7.89. The van der Waals surface area contributed by atoms with E-state index in [9.17, 15) is 0 Å². The van der Waals surface area contributed by atoms with Crippen LogP contribution in [-0.4, -0.2) is 0 Å². The van der Waals surface area contributed by atoms with Crippen LogP contribution in [-0.2, 0) is 0 Å². The van der Waals surface area contributed by atoms with E-state index in [0.717, 1.165) is 50.1 Å². The maximum atomic E-state index is 6.70. The molecule has 0 bridgehead atoms. The van der Waals surface area contributed by atoms with Gasteiger partial charge in [0.15, 0.2) is 5.58 Å². The highest BCUT2D eigenvalue weighted by Crippen LogP contribution is 2.46. The number of furan rings is 1. The van der Waals surface area contributed by atoms with Gasteiger partial charge in [-0.25, -0.2) is 0 Å². The standard InChI is InChI=1S/C52H35NO/c1-3-16-37(17-4-1)46-32-31-43(35-49(46)38-18-5-2-6-19-38)53(50-27-14-26-48-47-25-11-12-28-51(47)54-52(48)50)42-22-13-21-40(34-42)44-23-9-10-24-45(44)41-30-29-36-15-7-8-20-39(36)33-41/h1-35H. The van der Waals surface area contributed by atoms with E-state index in [1.807, 2.05) is 6.07 Å². The fraction of sp³-hybridized carbons (Fsp3) is 0. The van der Waals surface area contributed by atoms with Crippen molar-refractivity contribution in [1.29, 1.82) is 0 Å². The molecule has 0 aliphatic carbocycles. The lowest BCUT2D eigenvalue weighted by atomic mass is 9.92. The Morgan fingerprint density at radius 2 is 0.889 bits per heavy atom. The predicted molar refractivity (Wildman–Crippen MR) is 228 cm³/mol. The molecule has 0 saturated heterocycles. The Balaban J connectivity index is 1.19. The number of benzene rings is 9. The first-order valence-corrected chi connectivity index (χ1v) is 18.4. The van der Waals surface area contributed by atoms with Crippen LogP contribution in [0.2, 0.25) is 0 Å². The summed E-state index contributed by atoms with van der Waals surface area (Å²) in [4.78, 5) is 2.36. The van der Waals surface area contributed by atoms with Gasteiger partial charge in [0.25, 0.3) is 0 Å². The Labute approximate surface area is 314 Å². The van der Waals surface area contributed by atoms with Crippen LogP contribution in [0.3, 0.4) is 0 Å². The molecule has 9 aromatic carbocycles. The lowest BCUT2D eigenvalue weighted by Crippen LogP contribution is -2.10. The molecular weight excluding hydrogens is 655 g/mol. The van der Waals surface area contributed by atoms with Gasteiger partial charge in [-0.05, 0) is 97.7 Å². The third-order valence-electron chi connectivity index (χ3n) is 10.5. The number of para-hydroxylation sites is 2. The van der Waals surface area contributed by atoms with Crippen molar-refractivity contribution < 1.29 is 4.42 Å². The maximum absolute atomic E-state index is 6.70. The van der Waals surface area contributed by atoms with Crippen LogP contribution in [0, 0.1) is 0 Å². The minimum atomic E-state index is 0.856. The van der Waals surface area contributed by atoms with Crippen LogP contribution >= 0.6 is 0 Å². The molecule has 0 N–H and O–H groups in total. The Bertz CT molecular complexity index is 2940. The average molecular weight is 690 g/mol. The first kappa shape index (κ1) is 31.6. The molecule has 54 heavy (non-hydrogen) atoms. The van der Waals surface area contributed by atoms with E-state index >= 15 is 0 Å². The molecule has 0 aliphatic rings. The lowest BCUT2D eigenvalue weighted by molar-refractivity contribution is 0.669. The number of rotatable bonds is 7. The number of hydrogen-bond acceptors (Lipinski definition) is 2. The zero-order valence-electron chi connectivity index (χ0n) is 29.6. The second kappa shape index (κ2) is 13.4. The highest BCUT2D eigenvalue weighted by Gasteiger charge is 2.22. The van der Waals surface area contributed by atoms with Gasteiger partial charge in [0.2, 0.25) is 0 Å². The van der Waals surface area contributed by atoms with Gasteiger partial charge in [-0.15, -0.1) is 0 Å². The summed E-state index contributed by atoms with van der Waals surface area (Å²) < 4.78 is 6.70. The van der Waals surface area contributed by atoms with Crippen molar-refractivity contribution in [2.45, 2.75) is 0 Å². The van der Waals surface area contributed by atoms with Crippen molar-refractivity contribution in [3.8, 4) is 44.5 Å². The summed E-state index contributed by atoms with van der Waals surface area (Å²) in [7, 11) is 0. The van der Waals surface area contributed by atoms with Gasteiger partial charge < -0.3 is 9.32 Å². The molecule has 2 nitrogen and oxygen atoms in total. The highest BCUT2D eigenvalue weighted by molar-refractivity contribution is 6.10. The molecule has 10 aromatic rings. The van der Waals surface area contributed by atoms with Crippen molar-refractivity contribution >= 4 is 49.8 Å². The van der Waals surface area contributed by atoms with Crippen LogP contribution < -0.4 is 4.90 Å². The second-order valence-corrected chi connectivity index (χ2v) is 13.7. The van der Waals surface area contributed by atoms with E-state index in [2.05, 4.69) is 211 Å². The van der Waals surface area contributed by atoms with Crippen molar-refractivity contribution in [1.82, 2.24) is 0 Å². The van der Waals surface area contributed by atoms with E-state index in [1.54, 1.807) is 0 Å². The van der Waals surface area contributed by atoms with Gasteiger partial charge >= 0.3 is 0 Å². The van der Waals surface area contributed by atoms with Crippen LogP contribution in [0.4, 0.5) is 17.1 Å². The molecule has 1 aromatic heterocycles. The van der Waals surface area contributed by atoms with E-state index in [0.29, 0.717) is 0 Å². The smallest absolute Gasteiger partial charge is 0.159 e. The first-order chi connectivity index (χ1) is 26.8. The summed E-state index contributed by atoms with van der Waals surface area (Å²) in [6.07, 6.45) is 0. The molecule has 2 heteroatoms. The molecule has 0 aliphatic heterocycles. The molecule has 1 heterocycles. The Morgan fingerprint density at radius 1 is 0.315 bits per heavy atom. The average Bonchev–Trinajstić information content (AvgIpc) is 3.64. The summed E-state index contributed by atoms with van der Waals surface area (Å²) in [6, 6.07) is 75.9. The molecule has 254 valence electrons. The quantitative estimate of drug-likeness (QED) is 0.166. The molecule has 0 unspecified atom stereocenters. The van der Waals surface area contributed by atoms with Crippen LogP contribution in [0.25, 0.3) is 77.2 Å². The van der Waals surface area contributed by atoms with Gasteiger partial charge in [0, 0.05) is 22.1 Å². The Morgan fingerprint density at radius 3 is 1.69 bits per heavy atom. The summed E-state index contributed by atoms with van der Waals surface area (Å²) in [5.41, 5.74) is 14.2. The lowest BCUT2D eigenvalue weighted by Gasteiger charge is -2.27. The predicted octanol–water partition coefficient (Wildman–Crippen LogP) is 14.9. The Hall–Kier alpha value is -7.16. The summed E-state index contributed by atoms with van der Waals surface area (Å²) >= 11 is 0. The van der Waals surface area contributed by atoms with Crippen molar-refractivity contribution in [3.63, 3.8) is 0 Å². The molecule has 0 fully saturated rings. The monoisotopic (exact) mass is 689 g/mol. The van der Waals surface area contributed by atoms with Crippen molar-refractivity contribution in [2.24, 2.45) is 0 Å². The number of fused-ring (bicyclic) bond motifs is 4. The number of nitrogens with zero attached hydrogens (tertiary/aromatic N) is 1. The fourth-order valence-electron chi connectivity index (χ4n) is 7.89. The van der Waals surface area contributed by atoms with Gasteiger partial charge in [-0.2, -0.15) is 0 Å². The maximum Gasteiger partial charge on any atom is 0.159 e. The molecule has 0 radical (unpaired) electrons.